The lowest BCUT2D eigenvalue weighted by Crippen LogP contribution is -2.61. The lowest BCUT2D eigenvalue weighted by atomic mass is 9.33. The molecule has 0 aliphatic carbocycles. The number of hydrogen-bond donors (Lipinski definition) is 0. The van der Waals surface area contributed by atoms with Crippen molar-refractivity contribution in [3.8, 4) is 44.5 Å². The quantitative estimate of drug-likeness (QED) is 0.156. The highest BCUT2D eigenvalue weighted by Gasteiger charge is 2.44. The molecule has 0 amide bonds. The minimum atomic E-state index is -0.146. The molecule has 2 aromatic heterocycles. The summed E-state index contributed by atoms with van der Waals surface area (Å²) in [6.07, 6.45) is 0. The zero-order valence-electron chi connectivity index (χ0n) is 38.5. The molecule has 71 heavy (non-hydrogen) atoms. The van der Waals surface area contributed by atoms with Crippen molar-refractivity contribution in [1.29, 1.82) is 0 Å². The van der Waals surface area contributed by atoms with E-state index in [1.165, 1.54) is 38.6 Å². The molecule has 0 fully saturated rings. The molecule has 15 rings (SSSR count). The summed E-state index contributed by atoms with van der Waals surface area (Å²) in [6.45, 7) is -0.146. The van der Waals surface area contributed by atoms with Gasteiger partial charge in [-0.05, 0) is 110 Å². The van der Waals surface area contributed by atoms with Gasteiger partial charge in [0.25, 0.3) is 6.71 Å². The van der Waals surface area contributed by atoms with Crippen LogP contribution in [0.3, 0.4) is 0 Å². The van der Waals surface area contributed by atoms with Gasteiger partial charge in [0, 0.05) is 55.4 Å². The summed E-state index contributed by atoms with van der Waals surface area (Å²) in [7, 11) is 0. The molecule has 2 aliphatic heterocycles. The first-order valence-electron chi connectivity index (χ1n) is 24.4. The molecule has 4 nitrogen and oxygen atoms in total. The van der Waals surface area contributed by atoms with Gasteiger partial charge in [0.05, 0.1) is 11.4 Å². The summed E-state index contributed by atoms with van der Waals surface area (Å²) in [5, 5.41) is 4.48. The van der Waals surface area contributed by atoms with Gasteiger partial charge in [-0.2, -0.15) is 0 Å². The molecule has 2 aliphatic rings. The maximum atomic E-state index is 6.50. The summed E-state index contributed by atoms with van der Waals surface area (Å²) >= 11 is 0. The molecule has 0 bridgehead atoms. The van der Waals surface area contributed by atoms with E-state index in [-0.39, 0.29) is 6.71 Å². The Hall–Kier alpha value is -9.32. The molecule has 0 saturated heterocycles. The molecule has 11 aromatic carbocycles. The zero-order valence-corrected chi connectivity index (χ0v) is 38.5. The maximum absolute atomic E-state index is 6.50. The minimum Gasteiger partial charge on any atom is -0.456 e. The molecule has 4 heterocycles. The molecule has 0 radical (unpaired) electrons. The Balaban J connectivity index is 1.05. The standard InChI is InChI=1S/C66H41BN2O2/c1-3-18-42(19-4-1)46-22-7-11-28-54(46)68-56-38-36-44(48-26-15-34-62-64(48)50-24-9-13-32-60(50)70-62)40-52(56)67-53-41-45(49-27-16-35-63-65(49)51-25-10-14-33-61(51)71-63)37-39-57(53)69(59-31-17-30-58(68)66(59)67)55-29-12-8-23-47(55)43-20-5-2-6-21-43/h1-41H. The van der Waals surface area contributed by atoms with Crippen molar-refractivity contribution in [2.24, 2.45) is 0 Å². The van der Waals surface area contributed by atoms with Crippen LogP contribution >= 0.6 is 0 Å². The van der Waals surface area contributed by atoms with E-state index in [9.17, 15) is 0 Å². The Morgan fingerprint density at radius 1 is 0.268 bits per heavy atom. The minimum absolute atomic E-state index is 0.146. The summed E-state index contributed by atoms with van der Waals surface area (Å²) in [6, 6.07) is 90.3. The monoisotopic (exact) mass is 904 g/mol. The second-order valence-corrected chi connectivity index (χ2v) is 18.7. The van der Waals surface area contributed by atoms with Crippen LogP contribution in [0, 0.1) is 0 Å². The lowest BCUT2D eigenvalue weighted by Gasteiger charge is -2.45. The van der Waals surface area contributed by atoms with Crippen LogP contribution in [0.5, 0.6) is 0 Å². The second-order valence-electron chi connectivity index (χ2n) is 18.7. The normalized spacial score (nSPS) is 12.7. The second kappa shape index (κ2) is 15.6. The predicted octanol–water partition coefficient (Wildman–Crippen LogP) is 16.2. The maximum Gasteiger partial charge on any atom is 0.252 e. The van der Waals surface area contributed by atoms with Gasteiger partial charge >= 0.3 is 0 Å². The van der Waals surface area contributed by atoms with Gasteiger partial charge in [-0.25, -0.2) is 0 Å². The fourth-order valence-corrected chi connectivity index (χ4v) is 11.9. The number of fused-ring (bicyclic) bond motifs is 10. The van der Waals surface area contributed by atoms with Gasteiger partial charge < -0.3 is 18.6 Å². The van der Waals surface area contributed by atoms with Crippen molar-refractivity contribution in [1.82, 2.24) is 0 Å². The number of anilines is 6. The van der Waals surface area contributed by atoms with E-state index in [1.807, 2.05) is 12.1 Å². The van der Waals surface area contributed by atoms with Crippen LogP contribution in [0.15, 0.2) is 258 Å². The number of furan rings is 2. The fraction of sp³-hybridized carbons (Fsp3) is 0. The Morgan fingerprint density at radius 3 is 1.14 bits per heavy atom. The van der Waals surface area contributed by atoms with Crippen LogP contribution < -0.4 is 26.2 Å². The van der Waals surface area contributed by atoms with Crippen molar-refractivity contribution in [3.63, 3.8) is 0 Å². The smallest absolute Gasteiger partial charge is 0.252 e. The van der Waals surface area contributed by atoms with E-state index in [0.717, 1.165) is 100 Å². The van der Waals surface area contributed by atoms with Gasteiger partial charge in [0.1, 0.15) is 22.3 Å². The van der Waals surface area contributed by atoms with Gasteiger partial charge in [-0.15, -0.1) is 0 Å². The van der Waals surface area contributed by atoms with Crippen LogP contribution in [0.2, 0.25) is 0 Å². The van der Waals surface area contributed by atoms with Crippen molar-refractivity contribution in [3.05, 3.63) is 249 Å². The first kappa shape index (κ1) is 39.7. The average Bonchev–Trinajstić information content (AvgIpc) is 4.02. The number of rotatable bonds is 6. The van der Waals surface area contributed by atoms with E-state index < -0.39 is 0 Å². The molecular formula is C66H41BN2O2. The molecule has 0 N–H and O–H groups in total. The highest BCUT2D eigenvalue weighted by molar-refractivity contribution is 7.00. The summed E-state index contributed by atoms with van der Waals surface area (Å²) in [4.78, 5) is 5.05. The van der Waals surface area contributed by atoms with E-state index in [0.29, 0.717) is 0 Å². The van der Waals surface area contributed by atoms with E-state index in [1.54, 1.807) is 0 Å². The van der Waals surface area contributed by atoms with Crippen molar-refractivity contribution in [2.45, 2.75) is 0 Å². The third kappa shape index (κ3) is 6.00. The van der Waals surface area contributed by atoms with Gasteiger partial charge in [0.2, 0.25) is 0 Å². The molecule has 0 saturated carbocycles. The fourth-order valence-electron chi connectivity index (χ4n) is 11.9. The summed E-state index contributed by atoms with van der Waals surface area (Å²) < 4.78 is 13.0. The highest BCUT2D eigenvalue weighted by Crippen LogP contribution is 2.49. The average molecular weight is 905 g/mol. The van der Waals surface area contributed by atoms with E-state index >= 15 is 0 Å². The first-order valence-corrected chi connectivity index (χ1v) is 24.4. The number of para-hydroxylation sites is 4. The number of hydrogen-bond acceptors (Lipinski definition) is 4. The van der Waals surface area contributed by atoms with Crippen molar-refractivity contribution < 1.29 is 8.83 Å². The zero-order chi connectivity index (χ0) is 46.6. The van der Waals surface area contributed by atoms with Crippen LogP contribution in [0.4, 0.5) is 34.1 Å². The Kier molecular flexibility index (Phi) is 8.72. The predicted molar refractivity (Wildman–Crippen MR) is 297 cm³/mol. The van der Waals surface area contributed by atoms with Crippen LogP contribution in [0.25, 0.3) is 88.4 Å². The third-order valence-electron chi connectivity index (χ3n) is 14.9. The van der Waals surface area contributed by atoms with Crippen LogP contribution in [-0.2, 0) is 0 Å². The number of nitrogens with zero attached hydrogens (tertiary/aromatic N) is 2. The topological polar surface area (TPSA) is 32.8 Å². The largest absolute Gasteiger partial charge is 0.456 e. The Labute approximate surface area is 411 Å². The number of benzene rings is 11. The van der Waals surface area contributed by atoms with Gasteiger partial charge in [-0.1, -0.05) is 188 Å². The molecule has 5 heteroatoms. The lowest BCUT2D eigenvalue weighted by molar-refractivity contribution is 0.668. The van der Waals surface area contributed by atoms with Crippen LogP contribution in [-0.4, -0.2) is 6.71 Å². The Morgan fingerprint density at radius 2 is 0.648 bits per heavy atom. The molecule has 13 aromatic rings. The van der Waals surface area contributed by atoms with Crippen LogP contribution in [0.1, 0.15) is 0 Å². The highest BCUT2D eigenvalue weighted by atomic mass is 16.3. The summed E-state index contributed by atoms with van der Waals surface area (Å²) in [5.74, 6) is 0. The molecular weight excluding hydrogens is 864 g/mol. The van der Waals surface area contributed by atoms with Crippen molar-refractivity contribution in [2.75, 3.05) is 9.80 Å². The third-order valence-corrected chi connectivity index (χ3v) is 14.9. The SMILES string of the molecule is c1ccc(-c2ccccc2N2c3ccc(-c4cccc5oc6ccccc6c45)cc3B3c4cc(-c5cccc6oc7ccccc7c56)ccc4N(c4ccccc4-c4ccccc4)c4cccc2c43)cc1. The summed E-state index contributed by atoms with van der Waals surface area (Å²) in [5.41, 5.74) is 23.3. The van der Waals surface area contributed by atoms with E-state index in [2.05, 4.69) is 246 Å². The molecule has 0 spiro atoms. The van der Waals surface area contributed by atoms with E-state index in [4.69, 9.17) is 8.83 Å². The first-order chi connectivity index (χ1) is 35.2. The van der Waals surface area contributed by atoms with Crippen molar-refractivity contribution >= 4 is 101 Å². The molecule has 0 atom stereocenters. The Bertz CT molecular complexity index is 4000. The molecule has 0 unspecified atom stereocenters. The van der Waals surface area contributed by atoms with Gasteiger partial charge in [0.15, 0.2) is 0 Å². The van der Waals surface area contributed by atoms with Gasteiger partial charge in [-0.3, -0.25) is 0 Å². The molecule has 330 valence electrons.